The summed E-state index contributed by atoms with van der Waals surface area (Å²) in [7, 11) is 0. The number of hydrogen-bond acceptors (Lipinski definition) is 4. The van der Waals surface area contributed by atoms with E-state index in [1.807, 2.05) is 18.3 Å². The van der Waals surface area contributed by atoms with Crippen LogP contribution in [0.15, 0.2) is 36.8 Å². The van der Waals surface area contributed by atoms with E-state index in [-0.39, 0.29) is 6.04 Å². The summed E-state index contributed by atoms with van der Waals surface area (Å²) in [6, 6.07) is 5.94. The van der Waals surface area contributed by atoms with E-state index in [4.69, 9.17) is 5.73 Å². The molecule has 0 radical (unpaired) electrons. The van der Waals surface area contributed by atoms with Crippen LogP contribution in [0.25, 0.3) is 0 Å². The maximum absolute atomic E-state index is 6.09. The molecule has 2 rings (SSSR count). The number of aromatic nitrogens is 3. The molecule has 1 unspecified atom stereocenters. The number of pyridine rings is 1. The van der Waals surface area contributed by atoms with Gasteiger partial charge in [-0.3, -0.25) is 4.98 Å². The van der Waals surface area contributed by atoms with E-state index >= 15 is 0 Å². The third-order valence-electron chi connectivity index (χ3n) is 2.76. The Kier molecular flexibility index (Phi) is 3.77. The van der Waals surface area contributed by atoms with E-state index in [1.165, 1.54) is 5.56 Å². The van der Waals surface area contributed by atoms with Crippen molar-refractivity contribution in [1.82, 2.24) is 15.2 Å². The van der Waals surface area contributed by atoms with Gasteiger partial charge in [0, 0.05) is 30.6 Å². The Labute approximate surface area is 101 Å². The zero-order valence-electron chi connectivity index (χ0n) is 9.87. The molecule has 0 spiro atoms. The second-order valence-electron chi connectivity index (χ2n) is 4.00. The summed E-state index contributed by atoms with van der Waals surface area (Å²) in [6.45, 7) is 2.12. The maximum Gasteiger partial charge on any atom is 0.0544 e. The van der Waals surface area contributed by atoms with Crippen LogP contribution in [0.3, 0.4) is 0 Å². The molecule has 0 amide bonds. The van der Waals surface area contributed by atoms with E-state index in [1.54, 1.807) is 12.4 Å². The zero-order valence-corrected chi connectivity index (χ0v) is 9.87. The first-order valence-corrected chi connectivity index (χ1v) is 5.75. The van der Waals surface area contributed by atoms with Gasteiger partial charge in [0.05, 0.1) is 6.20 Å². The van der Waals surface area contributed by atoms with Gasteiger partial charge in [-0.2, -0.15) is 10.2 Å². The average molecular weight is 228 g/mol. The van der Waals surface area contributed by atoms with Crippen LogP contribution >= 0.6 is 0 Å². The third kappa shape index (κ3) is 3.07. The molecule has 1 atom stereocenters. The van der Waals surface area contributed by atoms with Gasteiger partial charge in [-0.25, -0.2) is 0 Å². The second kappa shape index (κ2) is 5.50. The molecule has 2 heterocycles. The Hall–Kier alpha value is -1.81. The van der Waals surface area contributed by atoms with Gasteiger partial charge in [0.15, 0.2) is 0 Å². The molecule has 4 nitrogen and oxygen atoms in total. The van der Waals surface area contributed by atoms with Crippen molar-refractivity contribution in [3.05, 3.63) is 53.6 Å². The molecule has 0 aromatic carbocycles. The fourth-order valence-corrected chi connectivity index (χ4v) is 1.65. The van der Waals surface area contributed by atoms with Gasteiger partial charge in [-0.05, 0) is 29.7 Å². The van der Waals surface area contributed by atoms with Crippen LogP contribution in [0.2, 0.25) is 0 Å². The number of nitrogens with two attached hydrogens (primary N) is 1. The van der Waals surface area contributed by atoms with Crippen LogP contribution in [0.1, 0.15) is 29.8 Å². The first-order chi connectivity index (χ1) is 8.29. The Bertz CT molecular complexity index is 453. The molecular weight excluding hydrogens is 212 g/mol. The minimum Gasteiger partial charge on any atom is -0.324 e. The molecule has 17 heavy (non-hydrogen) atoms. The van der Waals surface area contributed by atoms with E-state index in [2.05, 4.69) is 28.2 Å². The van der Waals surface area contributed by atoms with Crippen molar-refractivity contribution in [2.45, 2.75) is 25.8 Å². The van der Waals surface area contributed by atoms with E-state index < -0.39 is 0 Å². The highest BCUT2D eigenvalue weighted by molar-refractivity contribution is 5.18. The van der Waals surface area contributed by atoms with Crippen LogP contribution in [-0.2, 0) is 12.8 Å². The average Bonchev–Trinajstić information content (AvgIpc) is 2.40. The molecular formula is C13H16N4. The van der Waals surface area contributed by atoms with Crippen molar-refractivity contribution in [1.29, 1.82) is 0 Å². The summed E-state index contributed by atoms with van der Waals surface area (Å²) in [6.07, 6.45) is 6.99. The zero-order chi connectivity index (χ0) is 12.1. The molecule has 4 heteroatoms. The highest BCUT2D eigenvalue weighted by atomic mass is 15.1. The fourth-order valence-electron chi connectivity index (χ4n) is 1.65. The van der Waals surface area contributed by atoms with Gasteiger partial charge < -0.3 is 5.73 Å². The van der Waals surface area contributed by atoms with E-state index in [9.17, 15) is 0 Å². The lowest BCUT2D eigenvalue weighted by Gasteiger charge is -2.10. The summed E-state index contributed by atoms with van der Waals surface area (Å²) >= 11 is 0. The molecule has 0 saturated heterocycles. The molecule has 2 N–H and O–H groups in total. The van der Waals surface area contributed by atoms with Crippen molar-refractivity contribution in [3.63, 3.8) is 0 Å². The molecule has 0 aliphatic carbocycles. The lowest BCUT2D eigenvalue weighted by molar-refractivity contribution is 0.698. The summed E-state index contributed by atoms with van der Waals surface area (Å²) < 4.78 is 0. The number of hydrogen-bond donors (Lipinski definition) is 1. The predicted octanol–water partition coefficient (Wildman–Crippen LogP) is 1.68. The normalized spacial score (nSPS) is 12.4. The summed E-state index contributed by atoms with van der Waals surface area (Å²) in [5.41, 5.74) is 9.33. The Morgan fingerprint density at radius 3 is 2.65 bits per heavy atom. The lowest BCUT2D eigenvalue weighted by Crippen LogP contribution is -2.14. The van der Waals surface area contributed by atoms with Gasteiger partial charge in [0.1, 0.15) is 0 Å². The van der Waals surface area contributed by atoms with E-state index in [0.29, 0.717) is 0 Å². The number of rotatable bonds is 4. The van der Waals surface area contributed by atoms with Crippen molar-refractivity contribution >= 4 is 0 Å². The van der Waals surface area contributed by atoms with Crippen LogP contribution in [0.5, 0.6) is 0 Å². The predicted molar refractivity (Wildman–Crippen MR) is 66.3 cm³/mol. The Morgan fingerprint density at radius 2 is 2.06 bits per heavy atom. The standard InChI is InChI=1S/C13H16N4/c1-2-10-3-4-12(15-8-10)7-13(14)11-5-6-16-17-9-11/h3-6,8-9,13H,2,7,14H2,1H3. The number of aryl methyl sites for hydroxylation is 1. The molecule has 0 aliphatic rings. The van der Waals surface area contributed by atoms with Gasteiger partial charge in [-0.15, -0.1) is 0 Å². The number of nitrogens with zero attached hydrogens (tertiary/aromatic N) is 3. The molecule has 0 saturated carbocycles. The van der Waals surface area contributed by atoms with Crippen LogP contribution in [0.4, 0.5) is 0 Å². The first kappa shape index (κ1) is 11.7. The lowest BCUT2D eigenvalue weighted by atomic mass is 10.0. The minimum absolute atomic E-state index is 0.0783. The van der Waals surface area contributed by atoms with Crippen LogP contribution < -0.4 is 5.73 Å². The summed E-state index contributed by atoms with van der Waals surface area (Å²) in [4.78, 5) is 4.40. The monoisotopic (exact) mass is 228 g/mol. The third-order valence-corrected chi connectivity index (χ3v) is 2.76. The van der Waals surface area contributed by atoms with Gasteiger partial charge in [-0.1, -0.05) is 13.0 Å². The van der Waals surface area contributed by atoms with Crippen molar-refractivity contribution in [2.24, 2.45) is 5.73 Å². The van der Waals surface area contributed by atoms with Gasteiger partial charge in [0.25, 0.3) is 0 Å². The maximum atomic E-state index is 6.09. The first-order valence-electron chi connectivity index (χ1n) is 5.75. The highest BCUT2D eigenvalue weighted by Gasteiger charge is 2.07. The highest BCUT2D eigenvalue weighted by Crippen LogP contribution is 2.13. The summed E-state index contributed by atoms with van der Waals surface area (Å²) in [5, 5.41) is 7.56. The minimum atomic E-state index is -0.0783. The van der Waals surface area contributed by atoms with Gasteiger partial charge >= 0.3 is 0 Å². The topological polar surface area (TPSA) is 64.7 Å². The van der Waals surface area contributed by atoms with Gasteiger partial charge in [0.2, 0.25) is 0 Å². The Balaban J connectivity index is 2.05. The van der Waals surface area contributed by atoms with Crippen molar-refractivity contribution in [3.8, 4) is 0 Å². The van der Waals surface area contributed by atoms with Crippen LogP contribution in [-0.4, -0.2) is 15.2 Å². The second-order valence-corrected chi connectivity index (χ2v) is 4.00. The molecule has 0 bridgehead atoms. The summed E-state index contributed by atoms with van der Waals surface area (Å²) in [5.74, 6) is 0. The molecule has 88 valence electrons. The smallest absolute Gasteiger partial charge is 0.0544 e. The Morgan fingerprint density at radius 1 is 1.18 bits per heavy atom. The molecule has 0 fully saturated rings. The largest absolute Gasteiger partial charge is 0.324 e. The van der Waals surface area contributed by atoms with Crippen molar-refractivity contribution < 1.29 is 0 Å². The van der Waals surface area contributed by atoms with Crippen LogP contribution in [0, 0.1) is 0 Å². The fraction of sp³-hybridized carbons (Fsp3) is 0.308. The molecule has 2 aromatic heterocycles. The quantitative estimate of drug-likeness (QED) is 0.864. The molecule has 2 aromatic rings. The SMILES string of the molecule is CCc1ccc(CC(N)c2ccnnc2)nc1. The molecule has 0 aliphatic heterocycles. The van der Waals surface area contributed by atoms with Crippen molar-refractivity contribution in [2.75, 3.05) is 0 Å². The van der Waals surface area contributed by atoms with E-state index in [0.717, 1.165) is 24.1 Å².